The molecule has 22 heavy (non-hydrogen) atoms. The van der Waals surface area contributed by atoms with Gasteiger partial charge in [0.2, 0.25) is 11.6 Å². The van der Waals surface area contributed by atoms with Gasteiger partial charge in [-0.1, -0.05) is 0 Å². The van der Waals surface area contributed by atoms with Gasteiger partial charge in [-0.25, -0.2) is 0 Å². The van der Waals surface area contributed by atoms with Crippen molar-refractivity contribution in [2.75, 3.05) is 6.54 Å². The zero-order chi connectivity index (χ0) is 15.8. The Bertz CT molecular complexity index is 780. The number of allylic oxidation sites excluding steroid dienone is 2. The number of fused-ring (bicyclic) bond motifs is 1. The average molecular weight is 298 g/mol. The molecule has 1 aromatic rings. The van der Waals surface area contributed by atoms with Crippen LogP contribution in [-0.2, 0) is 7.05 Å². The van der Waals surface area contributed by atoms with E-state index in [1.807, 2.05) is 18.7 Å². The van der Waals surface area contributed by atoms with Crippen LogP contribution in [0.2, 0.25) is 0 Å². The van der Waals surface area contributed by atoms with Crippen LogP contribution >= 0.6 is 0 Å². The van der Waals surface area contributed by atoms with Crippen LogP contribution in [-0.4, -0.2) is 39.4 Å². The fourth-order valence-electron chi connectivity index (χ4n) is 3.34. The molecule has 5 heteroatoms. The highest BCUT2D eigenvalue weighted by molar-refractivity contribution is 6.28. The summed E-state index contributed by atoms with van der Waals surface area (Å²) >= 11 is 0. The molecule has 4 rings (SSSR count). The summed E-state index contributed by atoms with van der Waals surface area (Å²) < 4.78 is 1.70. The highest BCUT2D eigenvalue weighted by atomic mass is 16.1. The average Bonchev–Trinajstić information content (AvgIpc) is 3.37. The fourth-order valence-corrected chi connectivity index (χ4v) is 3.34. The highest BCUT2D eigenvalue weighted by Crippen LogP contribution is 2.39. The van der Waals surface area contributed by atoms with E-state index in [0.29, 0.717) is 22.5 Å². The molecule has 2 aliphatic carbocycles. The highest BCUT2D eigenvalue weighted by Gasteiger charge is 2.44. The lowest BCUT2D eigenvalue weighted by atomic mass is 9.92. The van der Waals surface area contributed by atoms with Crippen LogP contribution < -0.4 is 0 Å². The molecule has 2 fully saturated rings. The molecule has 5 nitrogen and oxygen atoms in total. The van der Waals surface area contributed by atoms with Gasteiger partial charge in [0.15, 0.2) is 5.78 Å². The Balaban J connectivity index is 1.89. The van der Waals surface area contributed by atoms with Crippen molar-refractivity contribution in [3.8, 4) is 0 Å². The number of carbonyl (C=O) groups excluding carboxylic acids is 3. The molecule has 0 aromatic carbocycles. The second-order valence-corrected chi connectivity index (χ2v) is 6.61. The van der Waals surface area contributed by atoms with E-state index in [-0.39, 0.29) is 29.3 Å². The van der Waals surface area contributed by atoms with E-state index in [2.05, 4.69) is 0 Å². The molecule has 1 aromatic heterocycles. The fraction of sp³-hybridized carbons (Fsp3) is 0.471. The third kappa shape index (κ3) is 1.68. The molecule has 0 radical (unpaired) electrons. The van der Waals surface area contributed by atoms with Gasteiger partial charge in [-0.3, -0.25) is 14.4 Å². The van der Waals surface area contributed by atoms with Crippen molar-refractivity contribution in [1.29, 1.82) is 0 Å². The van der Waals surface area contributed by atoms with Gasteiger partial charge in [0, 0.05) is 37.3 Å². The molecule has 3 aliphatic rings. The molecular weight excluding hydrogens is 280 g/mol. The van der Waals surface area contributed by atoms with E-state index in [4.69, 9.17) is 0 Å². The summed E-state index contributed by atoms with van der Waals surface area (Å²) in [6, 6.07) is 0.289. The number of carbonyl (C=O) groups is 3. The number of nitrogens with zero attached hydrogens (tertiary/aromatic N) is 2. The molecule has 0 N–H and O–H groups in total. The number of ketones is 3. The largest absolute Gasteiger partial charge is 0.362 e. The normalized spacial score (nSPS) is 23.5. The zero-order valence-electron chi connectivity index (χ0n) is 13.0. The van der Waals surface area contributed by atoms with Crippen molar-refractivity contribution in [3.63, 3.8) is 0 Å². The molecule has 1 saturated carbocycles. The summed E-state index contributed by atoms with van der Waals surface area (Å²) in [6.07, 6.45) is 3.20. The zero-order valence-corrected chi connectivity index (χ0v) is 13.0. The predicted molar refractivity (Wildman–Crippen MR) is 80.1 cm³/mol. The molecule has 2 heterocycles. The summed E-state index contributed by atoms with van der Waals surface area (Å²) in [6.45, 7) is 4.62. The summed E-state index contributed by atoms with van der Waals surface area (Å²) in [7, 11) is 1.75. The van der Waals surface area contributed by atoms with Crippen LogP contribution in [0.4, 0.5) is 0 Å². The van der Waals surface area contributed by atoms with E-state index in [0.717, 1.165) is 25.1 Å². The number of aromatic nitrogens is 1. The van der Waals surface area contributed by atoms with Gasteiger partial charge in [-0.2, -0.15) is 0 Å². The summed E-state index contributed by atoms with van der Waals surface area (Å²) in [5.74, 6) is -0.297. The Kier molecular flexibility index (Phi) is 2.56. The lowest BCUT2D eigenvalue weighted by Crippen LogP contribution is -2.24. The molecule has 1 atom stereocenters. The maximum Gasteiger partial charge on any atom is 0.212 e. The van der Waals surface area contributed by atoms with Crippen LogP contribution in [0.5, 0.6) is 0 Å². The molecule has 0 bridgehead atoms. The summed E-state index contributed by atoms with van der Waals surface area (Å²) in [5.41, 5.74) is 2.33. The molecule has 114 valence electrons. The first-order chi connectivity index (χ1) is 10.4. The van der Waals surface area contributed by atoms with Gasteiger partial charge in [0.05, 0.1) is 16.8 Å². The Morgan fingerprint density at radius 3 is 2.45 bits per heavy atom. The first-order valence-electron chi connectivity index (χ1n) is 7.72. The molecule has 0 spiro atoms. The van der Waals surface area contributed by atoms with Crippen LogP contribution in [0.1, 0.15) is 56.7 Å². The van der Waals surface area contributed by atoms with Crippen LogP contribution in [0.25, 0.3) is 0 Å². The van der Waals surface area contributed by atoms with Gasteiger partial charge in [0.1, 0.15) is 5.69 Å². The van der Waals surface area contributed by atoms with Crippen molar-refractivity contribution in [1.82, 2.24) is 9.47 Å². The molecule has 1 unspecified atom stereocenters. The van der Waals surface area contributed by atoms with Gasteiger partial charge < -0.3 is 9.47 Å². The van der Waals surface area contributed by atoms with E-state index < -0.39 is 0 Å². The number of hydrogen-bond donors (Lipinski definition) is 0. The Hall–Kier alpha value is -2.17. The second-order valence-electron chi connectivity index (χ2n) is 6.61. The second kappa shape index (κ2) is 4.18. The third-order valence-electron chi connectivity index (χ3n) is 5.01. The smallest absolute Gasteiger partial charge is 0.212 e. The molecular formula is C17H18N2O3. The Morgan fingerprint density at radius 1 is 1.27 bits per heavy atom. The van der Waals surface area contributed by atoms with Gasteiger partial charge in [-0.15, -0.1) is 0 Å². The SMILES string of the molecule is Cc1c(C(=O)C2CC2)c2c(n1C)C(=O)C=C(N1CC1C)C2=O. The molecule has 1 saturated heterocycles. The Labute approximate surface area is 128 Å². The van der Waals surface area contributed by atoms with Gasteiger partial charge >= 0.3 is 0 Å². The first kappa shape index (κ1) is 13.5. The lowest BCUT2D eigenvalue weighted by Gasteiger charge is -2.15. The monoisotopic (exact) mass is 298 g/mol. The lowest BCUT2D eigenvalue weighted by molar-refractivity contribution is 0.0942. The van der Waals surface area contributed by atoms with Gasteiger partial charge in [0.25, 0.3) is 0 Å². The van der Waals surface area contributed by atoms with E-state index in [9.17, 15) is 14.4 Å². The predicted octanol–water partition coefficient (Wildman–Crippen LogP) is 1.89. The number of rotatable bonds is 3. The summed E-state index contributed by atoms with van der Waals surface area (Å²) in [4.78, 5) is 39.9. The third-order valence-corrected chi connectivity index (χ3v) is 5.01. The van der Waals surface area contributed by atoms with E-state index >= 15 is 0 Å². The molecule has 1 aliphatic heterocycles. The van der Waals surface area contributed by atoms with Crippen molar-refractivity contribution in [2.24, 2.45) is 13.0 Å². The standard InChI is InChI=1S/C17H18N2O3/c1-8-7-19(8)11-6-12(20)15-14(17(11)22)13(9(2)18(15)3)16(21)10-4-5-10/h6,8,10H,4-5,7H2,1-3H3. The molecule has 0 amide bonds. The maximum absolute atomic E-state index is 12.9. The Morgan fingerprint density at radius 2 is 1.91 bits per heavy atom. The minimum absolute atomic E-state index is 0.0237. The minimum Gasteiger partial charge on any atom is -0.362 e. The van der Waals surface area contributed by atoms with Crippen molar-refractivity contribution >= 4 is 17.3 Å². The number of Topliss-reactive ketones (excluding diaryl/α,β-unsaturated/α-hetero) is 2. The van der Waals surface area contributed by atoms with Crippen molar-refractivity contribution in [3.05, 3.63) is 34.3 Å². The maximum atomic E-state index is 12.9. The van der Waals surface area contributed by atoms with E-state index in [1.165, 1.54) is 6.08 Å². The van der Waals surface area contributed by atoms with Gasteiger partial charge in [-0.05, 0) is 26.7 Å². The van der Waals surface area contributed by atoms with Crippen molar-refractivity contribution in [2.45, 2.75) is 32.7 Å². The van der Waals surface area contributed by atoms with E-state index in [1.54, 1.807) is 11.6 Å². The topological polar surface area (TPSA) is 59.1 Å². The first-order valence-corrected chi connectivity index (χ1v) is 7.72. The minimum atomic E-state index is -0.177. The quantitative estimate of drug-likeness (QED) is 0.631. The number of hydrogen-bond acceptors (Lipinski definition) is 4. The summed E-state index contributed by atoms with van der Waals surface area (Å²) in [5, 5.41) is 0. The van der Waals surface area contributed by atoms with Crippen LogP contribution in [0.15, 0.2) is 11.8 Å². The van der Waals surface area contributed by atoms with Crippen LogP contribution in [0.3, 0.4) is 0 Å². The van der Waals surface area contributed by atoms with Crippen LogP contribution in [0, 0.1) is 12.8 Å². The van der Waals surface area contributed by atoms with Crippen molar-refractivity contribution < 1.29 is 14.4 Å².